The minimum Gasteiger partial charge on any atom is -0.507 e. The molecular formula is C34H32N2O7S. The highest BCUT2D eigenvalue weighted by Gasteiger charge is 2.68. The second-order valence-corrected chi connectivity index (χ2v) is 13.1. The summed E-state index contributed by atoms with van der Waals surface area (Å²) < 4.78 is 11.1. The first-order valence-corrected chi connectivity index (χ1v) is 15.5. The first-order valence-electron chi connectivity index (χ1n) is 14.7. The lowest BCUT2D eigenvalue weighted by Gasteiger charge is -2.49. The summed E-state index contributed by atoms with van der Waals surface area (Å²) in [7, 11) is 2.95. The number of thiophene rings is 1. The van der Waals surface area contributed by atoms with Gasteiger partial charge in [-0.1, -0.05) is 35.9 Å². The Kier molecular flexibility index (Phi) is 6.65. The van der Waals surface area contributed by atoms with Crippen LogP contribution in [0.3, 0.4) is 0 Å². The van der Waals surface area contributed by atoms with Crippen LogP contribution in [0, 0.1) is 29.1 Å². The molecule has 2 aromatic carbocycles. The number of carbonyl (C=O) groups excluding carboxylic acids is 4. The number of para-hydroxylation sites is 1. The molecule has 4 aliphatic rings. The molecule has 0 radical (unpaired) electrons. The number of fused-ring (bicyclic) bond motifs is 4. The van der Waals surface area contributed by atoms with E-state index in [0.29, 0.717) is 29.2 Å². The fourth-order valence-electron chi connectivity index (χ4n) is 8.09. The van der Waals surface area contributed by atoms with E-state index in [2.05, 4.69) is 0 Å². The van der Waals surface area contributed by atoms with Gasteiger partial charge < -0.3 is 14.6 Å². The van der Waals surface area contributed by atoms with Gasteiger partial charge in [0.05, 0.1) is 49.6 Å². The van der Waals surface area contributed by atoms with E-state index in [9.17, 15) is 24.3 Å². The SMILES string of the molecule is COc1cc(O)c([C@H]2C3=CC[C@@H]4C(=O)N(Cc5cccs5)C(=O)[C@@H]4[C@@H]3C[C@H]3C(=O)N(c4ccccc4)C(=O)[C@@]23C)c(OC)c1. The highest BCUT2D eigenvalue weighted by atomic mass is 32.1. The van der Waals surface area contributed by atoms with E-state index < -0.39 is 35.0 Å². The molecule has 2 aliphatic heterocycles. The Hall–Kier alpha value is -4.44. The average Bonchev–Trinajstić information content (AvgIpc) is 3.68. The Morgan fingerprint density at radius 1 is 0.955 bits per heavy atom. The Morgan fingerprint density at radius 2 is 1.73 bits per heavy atom. The van der Waals surface area contributed by atoms with Crippen molar-refractivity contribution in [3.8, 4) is 17.2 Å². The maximum Gasteiger partial charge on any atom is 0.241 e. The number of phenolic OH excluding ortho intramolecular Hbond substituents is 1. The van der Waals surface area contributed by atoms with Crippen molar-refractivity contribution < 1.29 is 33.8 Å². The number of hydrogen-bond donors (Lipinski definition) is 1. The van der Waals surface area contributed by atoms with Gasteiger partial charge in [0.1, 0.15) is 17.2 Å². The number of nitrogens with zero attached hydrogens (tertiary/aromatic N) is 2. The predicted octanol–water partition coefficient (Wildman–Crippen LogP) is 4.90. The molecule has 1 aromatic heterocycles. The minimum absolute atomic E-state index is 0.138. The smallest absolute Gasteiger partial charge is 0.241 e. The first-order chi connectivity index (χ1) is 21.2. The molecule has 1 saturated carbocycles. The van der Waals surface area contributed by atoms with Crippen LogP contribution < -0.4 is 14.4 Å². The van der Waals surface area contributed by atoms with Crippen LogP contribution in [0.1, 0.15) is 36.1 Å². The Labute approximate surface area is 258 Å². The van der Waals surface area contributed by atoms with Crippen molar-refractivity contribution in [1.29, 1.82) is 0 Å². The fraction of sp³-hybridized carbons (Fsp3) is 0.353. The van der Waals surface area contributed by atoms with Crippen LogP contribution >= 0.6 is 11.3 Å². The summed E-state index contributed by atoms with van der Waals surface area (Å²) in [5.74, 6) is -3.97. The molecule has 226 valence electrons. The van der Waals surface area contributed by atoms with Crippen molar-refractivity contribution in [1.82, 2.24) is 4.90 Å². The Balaban J connectivity index is 1.39. The first kappa shape index (κ1) is 28.3. The third kappa shape index (κ3) is 3.89. The Morgan fingerprint density at radius 3 is 2.41 bits per heavy atom. The van der Waals surface area contributed by atoms with Crippen LogP contribution in [0.15, 0.2) is 71.6 Å². The molecule has 3 fully saturated rings. The number of ether oxygens (including phenoxy) is 2. The molecule has 0 bridgehead atoms. The monoisotopic (exact) mass is 612 g/mol. The number of anilines is 1. The molecule has 3 heterocycles. The van der Waals surface area contributed by atoms with Crippen LogP contribution in [0.4, 0.5) is 5.69 Å². The highest BCUT2D eigenvalue weighted by Crippen LogP contribution is 2.65. The number of benzene rings is 2. The molecule has 9 nitrogen and oxygen atoms in total. The number of imide groups is 2. The van der Waals surface area contributed by atoms with Gasteiger partial charge in [0.25, 0.3) is 0 Å². The standard InChI is InChI=1S/C34H32N2O7S/c1-34-24(31(39)36(33(34)41)18-8-5-4-6-9-18)16-23-21(29(34)28-25(37)14-19(42-2)15-26(28)43-3)11-12-22-27(23)32(40)35(30(22)38)17-20-10-7-13-44-20/h4-11,13-15,22-24,27,29,37H,12,16-17H2,1-3H3/t22-,23+,24-,27-,29+,34+/m0/s1. The topological polar surface area (TPSA) is 113 Å². The second kappa shape index (κ2) is 10.3. The van der Waals surface area contributed by atoms with Gasteiger partial charge in [-0.05, 0) is 49.3 Å². The summed E-state index contributed by atoms with van der Waals surface area (Å²) in [6.07, 6.45) is 2.52. The van der Waals surface area contributed by atoms with Gasteiger partial charge in [-0.3, -0.25) is 24.1 Å². The molecule has 44 heavy (non-hydrogen) atoms. The lowest BCUT2D eigenvalue weighted by Crippen LogP contribution is -2.49. The third-order valence-corrected chi connectivity index (χ3v) is 11.0. The molecule has 2 saturated heterocycles. The second-order valence-electron chi connectivity index (χ2n) is 12.1. The number of amides is 4. The number of carbonyl (C=O) groups is 4. The van der Waals surface area contributed by atoms with E-state index in [0.717, 1.165) is 10.5 Å². The van der Waals surface area contributed by atoms with Crippen molar-refractivity contribution in [3.63, 3.8) is 0 Å². The Bertz CT molecular complexity index is 1720. The van der Waals surface area contributed by atoms with Crippen molar-refractivity contribution in [3.05, 3.63) is 82.1 Å². The molecule has 6 atom stereocenters. The van der Waals surface area contributed by atoms with Gasteiger partial charge in [0.2, 0.25) is 23.6 Å². The zero-order valence-corrected chi connectivity index (χ0v) is 25.4. The van der Waals surface area contributed by atoms with Crippen molar-refractivity contribution in [2.45, 2.75) is 32.2 Å². The van der Waals surface area contributed by atoms with Crippen LogP contribution in [-0.2, 0) is 25.7 Å². The maximum atomic E-state index is 14.5. The minimum atomic E-state index is -1.30. The van der Waals surface area contributed by atoms with E-state index in [-0.39, 0.29) is 42.3 Å². The summed E-state index contributed by atoms with van der Waals surface area (Å²) in [5.41, 5.74) is 0.299. The van der Waals surface area contributed by atoms with Crippen LogP contribution in [0.25, 0.3) is 0 Å². The van der Waals surface area contributed by atoms with Gasteiger partial charge in [0, 0.05) is 28.5 Å². The fourth-order valence-corrected chi connectivity index (χ4v) is 8.78. The lowest BCUT2D eigenvalue weighted by atomic mass is 9.51. The summed E-state index contributed by atoms with van der Waals surface area (Å²) in [6, 6.07) is 15.7. The number of allylic oxidation sites excluding steroid dienone is 2. The van der Waals surface area contributed by atoms with Gasteiger partial charge in [-0.2, -0.15) is 0 Å². The lowest BCUT2D eigenvalue weighted by molar-refractivity contribution is -0.141. The molecule has 3 aromatic rings. The third-order valence-electron chi connectivity index (χ3n) is 10.1. The quantitative estimate of drug-likeness (QED) is 0.311. The van der Waals surface area contributed by atoms with E-state index in [1.54, 1.807) is 37.3 Å². The van der Waals surface area contributed by atoms with Crippen molar-refractivity contribution in [2.75, 3.05) is 19.1 Å². The number of hydrogen-bond acceptors (Lipinski definition) is 8. The highest BCUT2D eigenvalue weighted by molar-refractivity contribution is 7.09. The number of phenols is 1. The van der Waals surface area contributed by atoms with E-state index >= 15 is 0 Å². The average molecular weight is 613 g/mol. The number of likely N-dealkylation sites (tertiary alicyclic amines) is 1. The molecule has 10 heteroatoms. The molecule has 0 unspecified atom stereocenters. The molecular weight excluding hydrogens is 580 g/mol. The van der Waals surface area contributed by atoms with Crippen LogP contribution in [0.5, 0.6) is 17.2 Å². The van der Waals surface area contributed by atoms with E-state index in [1.165, 1.54) is 41.4 Å². The zero-order chi connectivity index (χ0) is 30.9. The summed E-state index contributed by atoms with van der Waals surface area (Å²) in [5, 5.41) is 13.4. The van der Waals surface area contributed by atoms with Crippen molar-refractivity contribution in [2.24, 2.45) is 29.1 Å². The summed E-state index contributed by atoms with van der Waals surface area (Å²) >= 11 is 1.49. The molecule has 7 rings (SSSR count). The normalized spacial score (nSPS) is 29.3. The number of aromatic hydroxyl groups is 1. The van der Waals surface area contributed by atoms with Crippen LogP contribution in [-0.4, -0.2) is 47.9 Å². The molecule has 0 spiro atoms. The number of methoxy groups -OCH3 is 2. The maximum absolute atomic E-state index is 14.5. The molecule has 1 N–H and O–H groups in total. The van der Waals surface area contributed by atoms with E-state index in [1.807, 2.05) is 29.7 Å². The van der Waals surface area contributed by atoms with Gasteiger partial charge >= 0.3 is 0 Å². The van der Waals surface area contributed by atoms with Gasteiger partial charge in [-0.25, -0.2) is 4.90 Å². The number of rotatable bonds is 6. The van der Waals surface area contributed by atoms with Crippen LogP contribution in [0.2, 0.25) is 0 Å². The largest absolute Gasteiger partial charge is 0.507 e. The predicted molar refractivity (Wildman–Crippen MR) is 162 cm³/mol. The van der Waals surface area contributed by atoms with Gasteiger partial charge in [-0.15, -0.1) is 11.3 Å². The summed E-state index contributed by atoms with van der Waals surface area (Å²) in [4.78, 5) is 60.0. The molecule has 4 amide bonds. The zero-order valence-electron chi connectivity index (χ0n) is 24.6. The molecule has 2 aliphatic carbocycles. The van der Waals surface area contributed by atoms with Crippen molar-refractivity contribution >= 4 is 40.7 Å². The van der Waals surface area contributed by atoms with E-state index in [4.69, 9.17) is 9.47 Å². The van der Waals surface area contributed by atoms with Gasteiger partial charge in [0.15, 0.2) is 0 Å². The summed E-state index contributed by atoms with van der Waals surface area (Å²) in [6.45, 7) is 1.99.